The van der Waals surface area contributed by atoms with Gasteiger partial charge in [0.25, 0.3) is 0 Å². The second kappa shape index (κ2) is 6.61. The van der Waals surface area contributed by atoms with E-state index < -0.39 is 10.8 Å². The Labute approximate surface area is 74.0 Å². The first-order valence-electron chi connectivity index (χ1n) is 3.38. The van der Waals surface area contributed by atoms with Gasteiger partial charge in [-0.15, -0.1) is 11.6 Å². The van der Waals surface area contributed by atoms with Gasteiger partial charge in [-0.05, 0) is 0 Å². The number of carbonyl (C=O) groups is 1. The molecule has 1 N–H and O–H groups in total. The maximum Gasteiger partial charge on any atom is 0.234 e. The molecule has 1 unspecified atom stereocenters. The molecule has 0 fully saturated rings. The SMILES string of the molecule is CCS(=O)CCNC(=O)CCl. The van der Waals surface area contributed by atoms with E-state index in [0.717, 1.165) is 0 Å². The fourth-order valence-corrected chi connectivity index (χ4v) is 1.21. The van der Waals surface area contributed by atoms with Crippen molar-refractivity contribution in [3.8, 4) is 0 Å². The van der Waals surface area contributed by atoms with Crippen molar-refractivity contribution in [2.24, 2.45) is 0 Å². The number of carbonyl (C=O) groups excluding carboxylic acids is 1. The summed E-state index contributed by atoms with van der Waals surface area (Å²) >= 11 is 5.21. The first kappa shape index (κ1) is 10.9. The van der Waals surface area contributed by atoms with Crippen molar-refractivity contribution in [3.05, 3.63) is 0 Å². The molecule has 0 rings (SSSR count). The van der Waals surface area contributed by atoms with Crippen LogP contribution < -0.4 is 5.32 Å². The molecule has 0 aliphatic carbocycles. The van der Waals surface area contributed by atoms with E-state index in [9.17, 15) is 9.00 Å². The molecule has 0 bridgehead atoms. The lowest BCUT2D eigenvalue weighted by atomic mass is 10.6. The topological polar surface area (TPSA) is 46.2 Å². The Hall–Kier alpha value is -0.0900. The van der Waals surface area contributed by atoms with Crippen molar-refractivity contribution in [1.29, 1.82) is 0 Å². The number of nitrogens with one attached hydrogen (secondary N) is 1. The van der Waals surface area contributed by atoms with Crippen LogP contribution in [0.25, 0.3) is 0 Å². The Morgan fingerprint density at radius 2 is 2.27 bits per heavy atom. The summed E-state index contributed by atoms with van der Waals surface area (Å²) in [6, 6.07) is 0. The average molecular weight is 198 g/mol. The molecule has 0 saturated carbocycles. The highest BCUT2D eigenvalue weighted by Crippen LogP contribution is 1.80. The minimum absolute atomic E-state index is 0.0290. The van der Waals surface area contributed by atoms with Crippen LogP contribution in [0.4, 0.5) is 0 Å². The van der Waals surface area contributed by atoms with Crippen LogP contribution in [0.5, 0.6) is 0 Å². The van der Waals surface area contributed by atoms with Gasteiger partial charge in [0.05, 0.1) is 0 Å². The molecule has 3 nitrogen and oxygen atoms in total. The van der Waals surface area contributed by atoms with Crippen LogP contribution in [0.3, 0.4) is 0 Å². The van der Waals surface area contributed by atoms with Gasteiger partial charge in [0.15, 0.2) is 0 Å². The van der Waals surface area contributed by atoms with Crippen molar-refractivity contribution in [1.82, 2.24) is 5.32 Å². The smallest absolute Gasteiger partial charge is 0.234 e. The normalized spacial score (nSPS) is 12.5. The first-order chi connectivity index (χ1) is 5.20. The molecule has 0 aromatic carbocycles. The van der Waals surface area contributed by atoms with Gasteiger partial charge in [0.2, 0.25) is 5.91 Å². The van der Waals surface area contributed by atoms with Gasteiger partial charge in [0.1, 0.15) is 5.88 Å². The fraction of sp³-hybridized carbons (Fsp3) is 0.833. The monoisotopic (exact) mass is 197 g/mol. The molecule has 0 aliphatic heterocycles. The van der Waals surface area contributed by atoms with Gasteiger partial charge in [0, 0.05) is 28.9 Å². The molecule has 0 radical (unpaired) electrons. The highest BCUT2D eigenvalue weighted by atomic mass is 35.5. The molecule has 5 heteroatoms. The van der Waals surface area contributed by atoms with Crippen molar-refractivity contribution in [2.45, 2.75) is 6.92 Å². The molecule has 0 aromatic rings. The van der Waals surface area contributed by atoms with Crippen molar-refractivity contribution in [2.75, 3.05) is 23.9 Å². The van der Waals surface area contributed by atoms with Crippen LogP contribution in [0, 0.1) is 0 Å². The molecule has 1 amide bonds. The highest BCUT2D eigenvalue weighted by molar-refractivity contribution is 7.84. The van der Waals surface area contributed by atoms with Gasteiger partial charge in [-0.3, -0.25) is 9.00 Å². The molecular formula is C6H12ClNO2S. The first-order valence-corrected chi connectivity index (χ1v) is 5.40. The van der Waals surface area contributed by atoms with Crippen LogP contribution in [0.1, 0.15) is 6.92 Å². The molecule has 0 spiro atoms. The fourth-order valence-electron chi connectivity index (χ4n) is 0.496. The molecule has 0 aliphatic rings. The standard InChI is InChI=1S/C6H12ClNO2S/c1-2-11(10)4-3-8-6(9)5-7/h2-5H2,1H3,(H,8,9). The van der Waals surface area contributed by atoms with E-state index in [1.165, 1.54) is 0 Å². The Morgan fingerprint density at radius 3 is 2.73 bits per heavy atom. The van der Waals surface area contributed by atoms with Gasteiger partial charge in [-0.25, -0.2) is 0 Å². The summed E-state index contributed by atoms with van der Waals surface area (Å²) in [6.07, 6.45) is 0. The minimum atomic E-state index is -0.803. The molecule has 0 heterocycles. The summed E-state index contributed by atoms with van der Waals surface area (Å²) in [5.41, 5.74) is 0. The van der Waals surface area contributed by atoms with Crippen LogP contribution in [0.2, 0.25) is 0 Å². The van der Waals surface area contributed by atoms with Crippen LogP contribution >= 0.6 is 11.6 Å². The number of hydrogen-bond donors (Lipinski definition) is 1. The predicted molar refractivity (Wildman–Crippen MR) is 47.3 cm³/mol. The molecule has 66 valence electrons. The van der Waals surface area contributed by atoms with Gasteiger partial charge >= 0.3 is 0 Å². The average Bonchev–Trinajstić information content (AvgIpc) is 2.04. The molecule has 11 heavy (non-hydrogen) atoms. The van der Waals surface area contributed by atoms with Gasteiger partial charge in [-0.1, -0.05) is 6.92 Å². The third-order valence-electron chi connectivity index (χ3n) is 1.10. The summed E-state index contributed by atoms with van der Waals surface area (Å²) in [5.74, 6) is 0.911. The Balaban J connectivity index is 3.27. The van der Waals surface area contributed by atoms with E-state index in [2.05, 4.69) is 5.32 Å². The number of alkyl halides is 1. The van der Waals surface area contributed by atoms with E-state index >= 15 is 0 Å². The predicted octanol–water partition coefficient (Wildman–Crippen LogP) is 0.110. The van der Waals surface area contributed by atoms with Crippen molar-refractivity contribution in [3.63, 3.8) is 0 Å². The largest absolute Gasteiger partial charge is 0.354 e. The second-order valence-electron chi connectivity index (χ2n) is 1.92. The minimum Gasteiger partial charge on any atom is -0.354 e. The van der Waals surface area contributed by atoms with Crippen LogP contribution in [-0.2, 0) is 15.6 Å². The number of rotatable bonds is 5. The summed E-state index contributed by atoms with van der Waals surface area (Å²) in [4.78, 5) is 10.5. The highest BCUT2D eigenvalue weighted by Gasteiger charge is 1.98. The van der Waals surface area contributed by atoms with Gasteiger partial charge < -0.3 is 5.32 Å². The number of hydrogen-bond acceptors (Lipinski definition) is 2. The zero-order valence-corrected chi connectivity index (χ0v) is 8.00. The van der Waals surface area contributed by atoms with Crippen LogP contribution in [0.15, 0.2) is 0 Å². The summed E-state index contributed by atoms with van der Waals surface area (Å²) < 4.78 is 10.8. The summed E-state index contributed by atoms with van der Waals surface area (Å²) in [6.45, 7) is 2.30. The van der Waals surface area contributed by atoms with E-state index in [1.54, 1.807) is 0 Å². The van der Waals surface area contributed by atoms with E-state index in [1.807, 2.05) is 6.92 Å². The summed E-state index contributed by atoms with van der Waals surface area (Å²) in [7, 11) is -0.803. The lowest BCUT2D eigenvalue weighted by Gasteiger charge is -2.00. The van der Waals surface area contributed by atoms with E-state index in [0.29, 0.717) is 18.1 Å². The second-order valence-corrected chi connectivity index (χ2v) is 4.05. The zero-order valence-electron chi connectivity index (χ0n) is 6.43. The zero-order chi connectivity index (χ0) is 8.69. The maximum atomic E-state index is 10.8. The lowest BCUT2D eigenvalue weighted by Crippen LogP contribution is -2.28. The quantitative estimate of drug-likeness (QED) is 0.636. The number of halogens is 1. The van der Waals surface area contributed by atoms with Crippen molar-refractivity contribution < 1.29 is 9.00 Å². The molecule has 1 atom stereocenters. The van der Waals surface area contributed by atoms with Gasteiger partial charge in [-0.2, -0.15) is 0 Å². The Bertz CT molecular complexity index is 136. The third kappa shape index (κ3) is 6.31. The molecule has 0 saturated heterocycles. The number of amides is 1. The Kier molecular flexibility index (Phi) is 6.56. The molecule has 0 aromatic heterocycles. The molecular weight excluding hydrogens is 186 g/mol. The van der Waals surface area contributed by atoms with Crippen molar-refractivity contribution >= 4 is 28.3 Å². The lowest BCUT2D eigenvalue weighted by molar-refractivity contribution is -0.118. The summed E-state index contributed by atoms with van der Waals surface area (Å²) in [5, 5.41) is 2.53. The van der Waals surface area contributed by atoms with E-state index in [4.69, 9.17) is 11.6 Å². The van der Waals surface area contributed by atoms with E-state index in [-0.39, 0.29) is 11.8 Å². The maximum absolute atomic E-state index is 10.8. The third-order valence-corrected chi connectivity index (χ3v) is 2.64. The van der Waals surface area contributed by atoms with Crippen LogP contribution in [-0.4, -0.2) is 34.0 Å². The Morgan fingerprint density at radius 1 is 1.64 bits per heavy atom.